The Balaban J connectivity index is 1.50. The molecule has 0 spiro atoms. The van der Waals surface area contributed by atoms with Crippen LogP contribution < -0.4 is 9.64 Å². The van der Waals surface area contributed by atoms with Crippen LogP contribution in [-0.2, 0) is 11.3 Å². The van der Waals surface area contributed by atoms with Gasteiger partial charge in [-0.2, -0.15) is 0 Å². The summed E-state index contributed by atoms with van der Waals surface area (Å²) in [5.41, 5.74) is 1.76. The topological polar surface area (TPSA) is 32.8 Å². The molecule has 29 heavy (non-hydrogen) atoms. The molecule has 7 heteroatoms. The number of carbonyl (C=O) groups excluding carboxylic acids is 1. The zero-order valence-corrected chi connectivity index (χ0v) is 18.6. The summed E-state index contributed by atoms with van der Waals surface area (Å²) in [6, 6.07) is 13.0. The molecule has 0 bridgehead atoms. The van der Waals surface area contributed by atoms with Gasteiger partial charge in [0.25, 0.3) is 0 Å². The van der Waals surface area contributed by atoms with Crippen LogP contribution in [0.25, 0.3) is 0 Å². The Bertz CT molecular complexity index is 891. The number of thioether (sulfide) groups is 1. The Morgan fingerprint density at radius 3 is 2.79 bits per heavy atom. The fourth-order valence-electron chi connectivity index (χ4n) is 3.59. The molecule has 1 aliphatic carbocycles. The molecular weight excluding hydrogens is 427 g/mol. The lowest BCUT2D eigenvalue weighted by Gasteiger charge is -2.31. The van der Waals surface area contributed by atoms with Gasteiger partial charge in [0.05, 0.1) is 17.8 Å². The number of anilines is 1. The van der Waals surface area contributed by atoms with Crippen LogP contribution in [0.3, 0.4) is 0 Å². The summed E-state index contributed by atoms with van der Waals surface area (Å²) >= 11 is 14.2. The van der Waals surface area contributed by atoms with E-state index in [9.17, 15) is 4.79 Å². The van der Waals surface area contributed by atoms with E-state index in [0.29, 0.717) is 16.6 Å². The number of likely N-dealkylation sites (N-methyl/N-ethyl adjacent to an activating group) is 1. The molecule has 0 N–H and O–H groups in total. The highest BCUT2D eigenvalue weighted by molar-refractivity contribution is 7.99. The van der Waals surface area contributed by atoms with Gasteiger partial charge in [0.1, 0.15) is 5.75 Å². The van der Waals surface area contributed by atoms with Gasteiger partial charge in [-0.05, 0) is 55.2 Å². The van der Waals surface area contributed by atoms with Crippen LogP contribution in [0.1, 0.15) is 24.8 Å². The molecule has 1 amide bonds. The van der Waals surface area contributed by atoms with Crippen LogP contribution in [-0.4, -0.2) is 41.6 Å². The third kappa shape index (κ3) is 4.69. The lowest BCUT2D eigenvalue weighted by Crippen LogP contribution is -2.45. The minimum absolute atomic E-state index is 0.0674. The first-order valence-electron chi connectivity index (χ1n) is 9.82. The second kappa shape index (κ2) is 9.17. The summed E-state index contributed by atoms with van der Waals surface area (Å²) in [4.78, 5) is 17.3. The lowest BCUT2D eigenvalue weighted by atomic mass is 9.96. The molecule has 0 unspecified atom stereocenters. The Hall–Kier alpha value is -1.40. The highest BCUT2D eigenvalue weighted by atomic mass is 35.5. The van der Waals surface area contributed by atoms with Crippen molar-refractivity contribution in [2.75, 3.05) is 23.6 Å². The molecule has 1 atom stereocenters. The maximum atomic E-state index is 13.4. The second-order valence-electron chi connectivity index (χ2n) is 7.53. The molecule has 2 aromatic carbocycles. The van der Waals surface area contributed by atoms with Crippen molar-refractivity contribution in [3.05, 3.63) is 58.1 Å². The van der Waals surface area contributed by atoms with E-state index in [1.807, 2.05) is 37.4 Å². The number of amides is 1. The lowest BCUT2D eigenvalue weighted by molar-refractivity contribution is -0.122. The van der Waals surface area contributed by atoms with Gasteiger partial charge in [-0.15, -0.1) is 11.8 Å². The molecule has 154 valence electrons. The number of rotatable bonds is 6. The Kier molecular flexibility index (Phi) is 6.60. The molecule has 1 saturated heterocycles. The molecule has 0 radical (unpaired) electrons. The molecular formula is C22H24Cl2N2O2S. The molecule has 1 aliphatic heterocycles. The van der Waals surface area contributed by atoms with Gasteiger partial charge < -0.3 is 9.64 Å². The largest absolute Gasteiger partial charge is 0.488 e. The summed E-state index contributed by atoms with van der Waals surface area (Å²) in [6.45, 7) is 0.594. The van der Waals surface area contributed by atoms with E-state index in [2.05, 4.69) is 4.90 Å². The summed E-state index contributed by atoms with van der Waals surface area (Å²) < 4.78 is 6.12. The first-order valence-corrected chi connectivity index (χ1v) is 11.7. The van der Waals surface area contributed by atoms with Crippen LogP contribution in [0.4, 0.5) is 5.69 Å². The molecule has 1 heterocycles. The third-order valence-electron chi connectivity index (χ3n) is 5.54. The Morgan fingerprint density at radius 2 is 2.03 bits per heavy atom. The quantitative estimate of drug-likeness (QED) is 0.584. The number of hydrogen-bond donors (Lipinski definition) is 0. The van der Waals surface area contributed by atoms with Crippen molar-refractivity contribution in [2.45, 2.75) is 38.0 Å². The molecule has 4 nitrogen and oxygen atoms in total. The fraction of sp³-hybridized carbons (Fsp3) is 0.409. The number of para-hydroxylation sites is 2. The van der Waals surface area contributed by atoms with E-state index in [4.69, 9.17) is 27.9 Å². The molecule has 1 saturated carbocycles. The summed E-state index contributed by atoms with van der Waals surface area (Å²) in [5, 5.41) is 1.32. The SMILES string of the molecule is CN(C(=O)[C@@H]1CSCN1Cc1cc(Cl)ccc1Cl)c1ccccc1OC1CCC1. The standard InChI is InChI=1S/C22H24Cl2N2O2S/c1-25(19-7-2-3-8-21(19)28-17-5-4-6-17)22(27)20-13-29-14-26(20)12-15-11-16(23)9-10-18(15)24/h2-3,7-11,17,20H,4-6,12-14H2,1H3/t20-/m0/s1. The maximum absolute atomic E-state index is 13.4. The van der Waals surface area contributed by atoms with Crippen LogP contribution in [0.2, 0.25) is 10.0 Å². The van der Waals surface area contributed by atoms with E-state index in [1.165, 1.54) is 6.42 Å². The molecule has 2 fully saturated rings. The highest BCUT2D eigenvalue weighted by Crippen LogP contribution is 2.34. The number of benzene rings is 2. The van der Waals surface area contributed by atoms with E-state index in [0.717, 1.165) is 41.5 Å². The maximum Gasteiger partial charge on any atom is 0.245 e. The first kappa shape index (κ1) is 20.9. The molecule has 0 aromatic heterocycles. The molecule has 4 rings (SSSR count). The second-order valence-corrected chi connectivity index (χ2v) is 9.38. The molecule has 2 aliphatic rings. The average molecular weight is 451 g/mol. The van der Waals surface area contributed by atoms with Crippen molar-refractivity contribution in [3.8, 4) is 5.75 Å². The van der Waals surface area contributed by atoms with Crippen molar-refractivity contribution in [3.63, 3.8) is 0 Å². The van der Waals surface area contributed by atoms with Crippen molar-refractivity contribution >= 4 is 46.6 Å². The van der Waals surface area contributed by atoms with Gasteiger partial charge in [0, 0.05) is 35.3 Å². The smallest absolute Gasteiger partial charge is 0.245 e. The number of hydrogen-bond acceptors (Lipinski definition) is 4. The van der Waals surface area contributed by atoms with Gasteiger partial charge in [-0.1, -0.05) is 35.3 Å². The zero-order valence-electron chi connectivity index (χ0n) is 16.3. The van der Waals surface area contributed by atoms with E-state index < -0.39 is 0 Å². The predicted octanol–water partition coefficient (Wildman–Crippen LogP) is 5.46. The molecule has 2 aromatic rings. The summed E-state index contributed by atoms with van der Waals surface area (Å²) in [5.74, 6) is 2.39. The highest BCUT2D eigenvalue weighted by Gasteiger charge is 2.34. The predicted molar refractivity (Wildman–Crippen MR) is 121 cm³/mol. The van der Waals surface area contributed by atoms with E-state index >= 15 is 0 Å². The fourth-order valence-corrected chi connectivity index (χ4v) is 5.15. The van der Waals surface area contributed by atoms with Gasteiger partial charge in [0.15, 0.2) is 0 Å². The van der Waals surface area contributed by atoms with Gasteiger partial charge in [0.2, 0.25) is 5.91 Å². The number of carbonyl (C=O) groups is 1. The summed E-state index contributed by atoms with van der Waals surface area (Å²) in [6.07, 6.45) is 3.64. The van der Waals surface area contributed by atoms with Crippen molar-refractivity contribution in [1.29, 1.82) is 0 Å². The van der Waals surface area contributed by atoms with Gasteiger partial charge in [-0.3, -0.25) is 9.69 Å². The van der Waals surface area contributed by atoms with Gasteiger partial charge in [-0.25, -0.2) is 0 Å². The van der Waals surface area contributed by atoms with Crippen LogP contribution in [0, 0.1) is 0 Å². The Labute approximate surface area is 186 Å². The van der Waals surface area contributed by atoms with Crippen LogP contribution in [0.5, 0.6) is 5.75 Å². The number of ether oxygens (including phenoxy) is 1. The van der Waals surface area contributed by atoms with Crippen molar-refractivity contribution in [1.82, 2.24) is 4.90 Å². The minimum atomic E-state index is -0.211. The van der Waals surface area contributed by atoms with Crippen molar-refractivity contribution < 1.29 is 9.53 Å². The van der Waals surface area contributed by atoms with Gasteiger partial charge >= 0.3 is 0 Å². The monoisotopic (exact) mass is 450 g/mol. The first-order chi connectivity index (χ1) is 14.0. The third-order valence-corrected chi connectivity index (χ3v) is 7.21. The van der Waals surface area contributed by atoms with E-state index in [1.54, 1.807) is 28.8 Å². The summed E-state index contributed by atoms with van der Waals surface area (Å²) in [7, 11) is 1.83. The minimum Gasteiger partial charge on any atom is -0.488 e. The Morgan fingerprint density at radius 1 is 1.24 bits per heavy atom. The van der Waals surface area contributed by atoms with Crippen LogP contribution in [0.15, 0.2) is 42.5 Å². The van der Waals surface area contributed by atoms with Crippen molar-refractivity contribution in [2.24, 2.45) is 0 Å². The van der Waals surface area contributed by atoms with E-state index in [-0.39, 0.29) is 18.1 Å². The average Bonchev–Trinajstić information content (AvgIpc) is 3.15. The normalized spacial score (nSPS) is 19.8. The van der Waals surface area contributed by atoms with Crippen LogP contribution >= 0.6 is 35.0 Å². The number of nitrogens with zero attached hydrogens (tertiary/aromatic N) is 2. The number of halogens is 2. The zero-order chi connectivity index (χ0) is 20.4.